The molecule has 0 fully saturated rings. The third-order valence-electron chi connectivity index (χ3n) is 1.43. The molecule has 0 aliphatic carbocycles. The second-order valence-corrected chi connectivity index (χ2v) is 2.66. The molecule has 0 aliphatic rings. The number of hydrogen-bond donors (Lipinski definition) is 0. The quantitative estimate of drug-likeness (QED) is 0.716. The van der Waals surface area contributed by atoms with Crippen LogP contribution in [0.1, 0.15) is 5.56 Å². The minimum absolute atomic E-state index is 0.150. The van der Waals surface area contributed by atoms with Gasteiger partial charge in [-0.05, 0) is 6.92 Å². The Hall–Kier alpha value is -1.20. The standard InChI is InChI=1S/C7H9F3N2O/c1-5-3-11-12(2)6(5)13-4-7(8,9)10/h3H,4H2,1-2H3. The van der Waals surface area contributed by atoms with Crippen LogP contribution in [0.5, 0.6) is 5.88 Å². The molecular weight excluding hydrogens is 185 g/mol. The van der Waals surface area contributed by atoms with Crippen LogP contribution in [0.15, 0.2) is 6.20 Å². The molecule has 0 bridgehead atoms. The van der Waals surface area contributed by atoms with E-state index in [0.717, 1.165) is 0 Å². The van der Waals surface area contributed by atoms with Crippen LogP contribution in [0.25, 0.3) is 0 Å². The van der Waals surface area contributed by atoms with Crippen molar-refractivity contribution < 1.29 is 17.9 Å². The normalized spacial score (nSPS) is 11.8. The first-order valence-electron chi connectivity index (χ1n) is 3.58. The maximum absolute atomic E-state index is 11.8. The van der Waals surface area contributed by atoms with Gasteiger partial charge in [-0.1, -0.05) is 0 Å². The van der Waals surface area contributed by atoms with Gasteiger partial charge in [0.2, 0.25) is 5.88 Å². The molecule has 1 aromatic heterocycles. The third kappa shape index (κ3) is 2.64. The minimum Gasteiger partial charge on any atom is -0.468 e. The van der Waals surface area contributed by atoms with Crippen molar-refractivity contribution in [3.8, 4) is 5.88 Å². The number of halogens is 3. The fraction of sp³-hybridized carbons (Fsp3) is 0.571. The lowest BCUT2D eigenvalue weighted by Gasteiger charge is -2.09. The Morgan fingerprint density at radius 3 is 2.54 bits per heavy atom. The zero-order valence-corrected chi connectivity index (χ0v) is 7.22. The van der Waals surface area contributed by atoms with E-state index in [1.54, 1.807) is 6.92 Å². The zero-order valence-electron chi connectivity index (χ0n) is 7.22. The van der Waals surface area contributed by atoms with Gasteiger partial charge in [-0.3, -0.25) is 0 Å². The van der Waals surface area contributed by atoms with E-state index in [0.29, 0.717) is 5.56 Å². The van der Waals surface area contributed by atoms with Crippen LogP contribution in [0.4, 0.5) is 13.2 Å². The van der Waals surface area contributed by atoms with E-state index in [1.807, 2.05) is 0 Å². The van der Waals surface area contributed by atoms with Crippen LogP contribution in [0, 0.1) is 6.92 Å². The van der Waals surface area contributed by atoms with Crippen molar-refractivity contribution in [3.63, 3.8) is 0 Å². The van der Waals surface area contributed by atoms with Gasteiger partial charge in [0.25, 0.3) is 0 Å². The molecule has 0 saturated carbocycles. The van der Waals surface area contributed by atoms with Crippen LogP contribution in [-0.2, 0) is 7.05 Å². The number of aromatic nitrogens is 2. The van der Waals surface area contributed by atoms with Gasteiger partial charge in [-0.15, -0.1) is 0 Å². The monoisotopic (exact) mass is 194 g/mol. The first-order valence-corrected chi connectivity index (χ1v) is 3.58. The van der Waals surface area contributed by atoms with E-state index in [2.05, 4.69) is 9.84 Å². The summed E-state index contributed by atoms with van der Waals surface area (Å²) in [5.41, 5.74) is 0.590. The average Bonchev–Trinajstić information content (AvgIpc) is 2.27. The SMILES string of the molecule is Cc1cnn(C)c1OCC(F)(F)F. The largest absolute Gasteiger partial charge is 0.468 e. The Morgan fingerprint density at radius 2 is 2.15 bits per heavy atom. The van der Waals surface area contributed by atoms with E-state index in [1.165, 1.54) is 17.9 Å². The lowest BCUT2D eigenvalue weighted by Crippen LogP contribution is -2.20. The molecule has 0 saturated heterocycles. The van der Waals surface area contributed by atoms with Gasteiger partial charge in [-0.25, -0.2) is 4.68 Å². The molecule has 1 aromatic rings. The Labute approximate surface area is 73.1 Å². The number of ether oxygens (including phenoxy) is 1. The maximum atomic E-state index is 11.8. The lowest BCUT2D eigenvalue weighted by molar-refractivity contribution is -0.154. The number of alkyl halides is 3. The molecule has 0 radical (unpaired) electrons. The summed E-state index contributed by atoms with van der Waals surface area (Å²) in [6.45, 7) is 0.353. The first kappa shape index (κ1) is 9.88. The predicted molar refractivity (Wildman–Crippen MR) is 39.5 cm³/mol. The zero-order chi connectivity index (χ0) is 10.1. The van der Waals surface area contributed by atoms with Crippen LogP contribution < -0.4 is 4.74 Å². The molecular formula is C7H9F3N2O. The fourth-order valence-electron chi connectivity index (χ4n) is 0.894. The van der Waals surface area contributed by atoms with Gasteiger partial charge in [0, 0.05) is 12.6 Å². The Bertz CT molecular complexity index is 273. The molecule has 13 heavy (non-hydrogen) atoms. The Morgan fingerprint density at radius 1 is 1.54 bits per heavy atom. The van der Waals surface area contributed by atoms with Crippen molar-refractivity contribution in [3.05, 3.63) is 11.8 Å². The molecule has 1 rings (SSSR count). The van der Waals surface area contributed by atoms with Crippen LogP contribution in [-0.4, -0.2) is 22.6 Å². The molecule has 0 N–H and O–H groups in total. The van der Waals surface area contributed by atoms with E-state index in [4.69, 9.17) is 0 Å². The van der Waals surface area contributed by atoms with Crippen molar-refractivity contribution in [2.75, 3.05) is 6.61 Å². The summed E-state index contributed by atoms with van der Waals surface area (Å²) < 4.78 is 41.1. The van der Waals surface area contributed by atoms with E-state index >= 15 is 0 Å². The van der Waals surface area contributed by atoms with Gasteiger partial charge in [0.05, 0.1) is 6.20 Å². The summed E-state index contributed by atoms with van der Waals surface area (Å²) in [7, 11) is 1.53. The molecule has 6 heteroatoms. The second-order valence-electron chi connectivity index (χ2n) is 2.66. The van der Waals surface area contributed by atoms with E-state index < -0.39 is 12.8 Å². The summed E-state index contributed by atoms with van der Waals surface area (Å²) in [6, 6.07) is 0. The minimum atomic E-state index is -4.31. The van der Waals surface area contributed by atoms with Crippen molar-refractivity contribution in [1.82, 2.24) is 9.78 Å². The highest BCUT2D eigenvalue weighted by Crippen LogP contribution is 2.20. The van der Waals surface area contributed by atoms with Crippen LogP contribution >= 0.6 is 0 Å². The topological polar surface area (TPSA) is 27.1 Å². The van der Waals surface area contributed by atoms with Crippen molar-refractivity contribution in [1.29, 1.82) is 0 Å². The van der Waals surface area contributed by atoms with E-state index in [9.17, 15) is 13.2 Å². The molecule has 0 atom stereocenters. The summed E-state index contributed by atoms with van der Waals surface area (Å²) in [6.07, 6.45) is -2.86. The van der Waals surface area contributed by atoms with E-state index in [-0.39, 0.29) is 5.88 Å². The highest BCUT2D eigenvalue weighted by molar-refractivity contribution is 5.21. The fourth-order valence-corrected chi connectivity index (χ4v) is 0.894. The van der Waals surface area contributed by atoms with Crippen molar-refractivity contribution in [2.24, 2.45) is 7.05 Å². The number of rotatable bonds is 2. The molecule has 74 valence electrons. The molecule has 0 aromatic carbocycles. The number of hydrogen-bond acceptors (Lipinski definition) is 2. The highest BCUT2D eigenvalue weighted by Gasteiger charge is 2.29. The molecule has 1 heterocycles. The smallest absolute Gasteiger partial charge is 0.422 e. The van der Waals surface area contributed by atoms with Crippen molar-refractivity contribution in [2.45, 2.75) is 13.1 Å². The third-order valence-corrected chi connectivity index (χ3v) is 1.43. The van der Waals surface area contributed by atoms with Gasteiger partial charge >= 0.3 is 6.18 Å². The predicted octanol–water partition coefficient (Wildman–Crippen LogP) is 1.67. The number of nitrogens with zero attached hydrogens (tertiary/aromatic N) is 2. The summed E-state index contributed by atoms with van der Waals surface area (Å²) in [5.74, 6) is 0.150. The Kier molecular flexibility index (Phi) is 2.49. The van der Waals surface area contributed by atoms with Gasteiger partial charge < -0.3 is 4.74 Å². The maximum Gasteiger partial charge on any atom is 0.422 e. The van der Waals surface area contributed by atoms with Gasteiger partial charge in [-0.2, -0.15) is 18.3 Å². The molecule has 3 nitrogen and oxygen atoms in total. The highest BCUT2D eigenvalue weighted by atomic mass is 19.4. The average molecular weight is 194 g/mol. The summed E-state index contributed by atoms with van der Waals surface area (Å²) >= 11 is 0. The molecule has 0 unspecified atom stereocenters. The van der Waals surface area contributed by atoms with Crippen molar-refractivity contribution >= 4 is 0 Å². The Balaban J connectivity index is 2.64. The summed E-state index contributed by atoms with van der Waals surface area (Å²) in [4.78, 5) is 0. The van der Waals surface area contributed by atoms with Crippen LogP contribution in [0.3, 0.4) is 0 Å². The van der Waals surface area contributed by atoms with Gasteiger partial charge in [0.1, 0.15) is 0 Å². The molecule has 0 aliphatic heterocycles. The molecule has 0 amide bonds. The second kappa shape index (κ2) is 3.27. The summed E-state index contributed by atoms with van der Waals surface area (Å²) in [5, 5.41) is 3.74. The number of aryl methyl sites for hydroxylation is 2. The molecule has 0 spiro atoms. The first-order chi connectivity index (χ1) is 5.90. The van der Waals surface area contributed by atoms with Gasteiger partial charge in [0.15, 0.2) is 6.61 Å². The lowest BCUT2D eigenvalue weighted by atomic mass is 10.4. The van der Waals surface area contributed by atoms with Crippen LogP contribution in [0.2, 0.25) is 0 Å².